The molecule has 0 aliphatic carbocycles. The van der Waals surface area contributed by atoms with E-state index in [2.05, 4.69) is 10.2 Å². The van der Waals surface area contributed by atoms with Crippen molar-refractivity contribution in [2.75, 3.05) is 6.54 Å². The monoisotopic (exact) mass is 281 g/mol. The van der Waals surface area contributed by atoms with Crippen molar-refractivity contribution in [3.63, 3.8) is 0 Å². The van der Waals surface area contributed by atoms with Crippen molar-refractivity contribution in [1.29, 1.82) is 0 Å². The number of hydrogen-bond donors (Lipinski definition) is 2. The zero-order valence-electron chi connectivity index (χ0n) is 12.7. The lowest BCUT2D eigenvalue weighted by Crippen LogP contribution is -2.38. The maximum absolute atomic E-state index is 12.4. The maximum atomic E-state index is 12.4. The molecule has 1 aromatic rings. The molecule has 0 unspecified atom stereocenters. The molecule has 0 aliphatic rings. The van der Waals surface area contributed by atoms with Gasteiger partial charge in [-0.05, 0) is 19.9 Å². The lowest BCUT2D eigenvalue weighted by Gasteiger charge is -2.25. The van der Waals surface area contributed by atoms with Gasteiger partial charge >= 0.3 is 5.97 Å². The van der Waals surface area contributed by atoms with Crippen LogP contribution in [0.2, 0.25) is 0 Å². The number of rotatable bonds is 5. The third-order valence-electron chi connectivity index (χ3n) is 3.06. The fourth-order valence-corrected chi connectivity index (χ4v) is 1.77. The van der Waals surface area contributed by atoms with Gasteiger partial charge in [0.2, 0.25) is 0 Å². The Balaban J connectivity index is 2.89. The molecule has 6 heteroatoms. The van der Waals surface area contributed by atoms with Crippen molar-refractivity contribution in [3.8, 4) is 0 Å². The number of carbonyl (C=O) groups excluding carboxylic acids is 1. The van der Waals surface area contributed by atoms with Crippen LogP contribution in [0.15, 0.2) is 6.07 Å². The van der Waals surface area contributed by atoms with E-state index in [0.29, 0.717) is 5.69 Å². The first-order valence-electron chi connectivity index (χ1n) is 6.71. The van der Waals surface area contributed by atoms with Gasteiger partial charge in [-0.2, -0.15) is 5.10 Å². The highest BCUT2D eigenvalue weighted by molar-refractivity contribution is 5.92. The lowest BCUT2D eigenvalue weighted by molar-refractivity contribution is -0.137. The predicted molar refractivity (Wildman–Crippen MR) is 75.7 cm³/mol. The van der Waals surface area contributed by atoms with Crippen molar-refractivity contribution in [3.05, 3.63) is 17.5 Å². The van der Waals surface area contributed by atoms with E-state index in [9.17, 15) is 9.59 Å². The number of carboxylic acid groups (broad SMARTS) is 1. The van der Waals surface area contributed by atoms with Crippen LogP contribution in [0.5, 0.6) is 0 Å². The molecule has 0 atom stereocenters. The maximum Gasteiger partial charge on any atom is 0.305 e. The molecule has 0 spiro atoms. The van der Waals surface area contributed by atoms with Gasteiger partial charge in [0.05, 0.1) is 6.42 Å². The molecule has 0 aromatic carbocycles. The Morgan fingerprint density at radius 3 is 2.40 bits per heavy atom. The highest BCUT2D eigenvalue weighted by Crippen LogP contribution is 2.21. The zero-order valence-corrected chi connectivity index (χ0v) is 12.7. The Morgan fingerprint density at radius 2 is 2.00 bits per heavy atom. The Hall–Kier alpha value is -1.85. The molecule has 2 N–H and O–H groups in total. The molecule has 0 saturated carbocycles. The zero-order chi connectivity index (χ0) is 15.5. The molecule has 0 bridgehead atoms. The molecule has 1 heterocycles. The van der Waals surface area contributed by atoms with Gasteiger partial charge in [-0.3, -0.25) is 14.7 Å². The predicted octanol–water partition coefficient (Wildman–Crippen LogP) is 2.03. The number of aromatic nitrogens is 2. The first-order valence-corrected chi connectivity index (χ1v) is 6.71. The van der Waals surface area contributed by atoms with Gasteiger partial charge < -0.3 is 10.0 Å². The molecule has 112 valence electrons. The summed E-state index contributed by atoms with van der Waals surface area (Å²) < 4.78 is 0. The van der Waals surface area contributed by atoms with Crippen LogP contribution in [0.25, 0.3) is 0 Å². The van der Waals surface area contributed by atoms with Gasteiger partial charge in [-0.1, -0.05) is 20.8 Å². The summed E-state index contributed by atoms with van der Waals surface area (Å²) in [5, 5.41) is 15.7. The van der Waals surface area contributed by atoms with Gasteiger partial charge in [0.1, 0.15) is 5.69 Å². The second-order valence-electron chi connectivity index (χ2n) is 6.15. The third-order valence-corrected chi connectivity index (χ3v) is 3.06. The van der Waals surface area contributed by atoms with E-state index in [0.717, 1.165) is 5.69 Å². The molecular formula is C14H23N3O3. The van der Waals surface area contributed by atoms with Crippen LogP contribution in [0.4, 0.5) is 0 Å². The topological polar surface area (TPSA) is 86.3 Å². The van der Waals surface area contributed by atoms with Gasteiger partial charge in [0.25, 0.3) is 5.91 Å². The van der Waals surface area contributed by atoms with Crippen LogP contribution in [-0.4, -0.2) is 44.7 Å². The lowest BCUT2D eigenvalue weighted by atomic mass is 9.92. The summed E-state index contributed by atoms with van der Waals surface area (Å²) in [4.78, 5) is 24.6. The van der Waals surface area contributed by atoms with Gasteiger partial charge in [-0.25, -0.2) is 0 Å². The minimum Gasteiger partial charge on any atom is -0.481 e. The normalized spacial score (nSPS) is 11.7. The Bertz CT molecular complexity index is 486. The van der Waals surface area contributed by atoms with E-state index in [4.69, 9.17) is 5.11 Å². The number of aliphatic carboxylic acids is 1. The summed E-state index contributed by atoms with van der Waals surface area (Å²) in [7, 11) is 0. The Kier molecular flexibility index (Phi) is 4.92. The van der Waals surface area contributed by atoms with Crippen LogP contribution in [0.3, 0.4) is 0 Å². The third kappa shape index (κ3) is 4.08. The quantitative estimate of drug-likeness (QED) is 0.864. The molecule has 1 amide bonds. The van der Waals surface area contributed by atoms with Crippen LogP contribution in [0.1, 0.15) is 57.2 Å². The largest absolute Gasteiger partial charge is 0.481 e. The van der Waals surface area contributed by atoms with Crippen molar-refractivity contribution < 1.29 is 14.7 Å². The first kappa shape index (κ1) is 16.2. The fraction of sp³-hybridized carbons (Fsp3) is 0.643. The molecule has 0 radical (unpaired) electrons. The Morgan fingerprint density at radius 1 is 1.40 bits per heavy atom. The summed E-state index contributed by atoms with van der Waals surface area (Å²) in [5.74, 6) is -1.16. The summed E-state index contributed by atoms with van der Waals surface area (Å²) in [5.41, 5.74) is 1.09. The number of carboxylic acids is 1. The van der Waals surface area contributed by atoms with E-state index in [1.807, 2.05) is 34.6 Å². The molecule has 1 rings (SSSR count). The minimum absolute atomic E-state index is 0.0690. The molecule has 0 fully saturated rings. The molecule has 1 aromatic heterocycles. The van der Waals surface area contributed by atoms with E-state index in [1.165, 1.54) is 4.90 Å². The summed E-state index contributed by atoms with van der Waals surface area (Å²) in [6.45, 7) is 9.98. The number of nitrogens with one attached hydrogen (secondary N) is 1. The fourth-order valence-electron chi connectivity index (χ4n) is 1.77. The molecule has 0 saturated heterocycles. The highest BCUT2D eigenvalue weighted by Gasteiger charge is 2.24. The smallest absolute Gasteiger partial charge is 0.305 e. The summed E-state index contributed by atoms with van der Waals surface area (Å²) >= 11 is 0. The molecule has 20 heavy (non-hydrogen) atoms. The van der Waals surface area contributed by atoms with Crippen molar-refractivity contribution >= 4 is 11.9 Å². The average molecular weight is 281 g/mol. The van der Waals surface area contributed by atoms with E-state index in [1.54, 1.807) is 6.07 Å². The van der Waals surface area contributed by atoms with Crippen molar-refractivity contribution in [1.82, 2.24) is 15.1 Å². The second-order valence-corrected chi connectivity index (χ2v) is 6.15. The van der Waals surface area contributed by atoms with Crippen LogP contribution in [-0.2, 0) is 10.2 Å². The van der Waals surface area contributed by atoms with E-state index < -0.39 is 5.97 Å². The molecule has 0 aliphatic heterocycles. The minimum atomic E-state index is -0.916. The number of aromatic amines is 1. The van der Waals surface area contributed by atoms with Crippen LogP contribution >= 0.6 is 0 Å². The van der Waals surface area contributed by atoms with Crippen molar-refractivity contribution in [2.45, 2.75) is 52.5 Å². The number of amides is 1. The number of hydrogen-bond acceptors (Lipinski definition) is 3. The van der Waals surface area contributed by atoms with Crippen molar-refractivity contribution in [2.24, 2.45) is 0 Å². The standard InChI is InChI=1S/C14H23N3O3/c1-9(2)17(7-6-12(18)19)13(20)10-8-11(16-15-10)14(3,4)5/h8-9H,6-7H2,1-5H3,(H,15,16)(H,18,19). The number of carbonyl (C=O) groups is 2. The first-order chi connectivity index (χ1) is 9.12. The van der Waals surface area contributed by atoms with Crippen LogP contribution in [0, 0.1) is 0 Å². The Labute approximate surface area is 119 Å². The van der Waals surface area contributed by atoms with Gasteiger partial charge in [-0.15, -0.1) is 0 Å². The summed E-state index contributed by atoms with van der Waals surface area (Å²) in [6.07, 6.45) is -0.0690. The number of nitrogens with zero attached hydrogens (tertiary/aromatic N) is 2. The van der Waals surface area contributed by atoms with Gasteiger partial charge in [0, 0.05) is 23.7 Å². The number of H-pyrrole nitrogens is 1. The van der Waals surface area contributed by atoms with E-state index >= 15 is 0 Å². The second kappa shape index (κ2) is 6.07. The molecular weight excluding hydrogens is 258 g/mol. The van der Waals surface area contributed by atoms with Crippen LogP contribution < -0.4 is 0 Å². The average Bonchev–Trinajstić information content (AvgIpc) is 2.76. The van der Waals surface area contributed by atoms with E-state index in [-0.39, 0.29) is 30.3 Å². The van der Waals surface area contributed by atoms with Gasteiger partial charge in [0.15, 0.2) is 0 Å². The summed E-state index contributed by atoms with van der Waals surface area (Å²) in [6, 6.07) is 1.66. The molecule has 6 nitrogen and oxygen atoms in total. The SMILES string of the molecule is CC(C)N(CCC(=O)O)C(=O)c1cc(C(C)(C)C)[nH]n1. The highest BCUT2D eigenvalue weighted by atomic mass is 16.4.